The number of nitriles is 1. The van der Waals surface area contributed by atoms with Crippen LogP contribution in [-0.2, 0) is 6.42 Å². The van der Waals surface area contributed by atoms with Crippen LogP contribution in [0, 0.1) is 18.3 Å². The number of thiazole rings is 1. The largest absolute Gasteiger partial charge is 0.497 e. The Kier molecular flexibility index (Phi) is 3.96. The highest BCUT2D eigenvalue weighted by atomic mass is 32.1. The van der Waals surface area contributed by atoms with E-state index in [1.165, 1.54) is 4.88 Å². The van der Waals surface area contributed by atoms with Gasteiger partial charge in [-0.25, -0.2) is 4.98 Å². The summed E-state index contributed by atoms with van der Waals surface area (Å²) in [4.78, 5) is 5.75. The van der Waals surface area contributed by atoms with Gasteiger partial charge in [0, 0.05) is 16.9 Å². The van der Waals surface area contributed by atoms with Crippen LogP contribution in [0.25, 0.3) is 10.6 Å². The number of ether oxygens (including phenoxy) is 1. The molecule has 1 aromatic carbocycles. The van der Waals surface area contributed by atoms with Crippen LogP contribution in [0.3, 0.4) is 0 Å². The summed E-state index contributed by atoms with van der Waals surface area (Å²) in [5.74, 6) is 0.832. The summed E-state index contributed by atoms with van der Waals surface area (Å²) in [5.41, 5.74) is 2.08. The second kappa shape index (κ2) is 5.65. The summed E-state index contributed by atoms with van der Waals surface area (Å²) in [6.07, 6.45) is 1.32. The zero-order chi connectivity index (χ0) is 13.0. The Bertz CT molecular complexity index is 584. The smallest absolute Gasteiger partial charge is 0.123 e. The first-order valence-corrected chi connectivity index (χ1v) is 6.54. The lowest BCUT2D eigenvalue weighted by molar-refractivity contribution is 0.415. The van der Waals surface area contributed by atoms with E-state index < -0.39 is 0 Å². The van der Waals surface area contributed by atoms with Crippen LogP contribution in [0.4, 0.5) is 0 Å². The van der Waals surface area contributed by atoms with Gasteiger partial charge in [0.05, 0.1) is 18.9 Å². The predicted octanol–water partition coefficient (Wildman–Crippen LogP) is 3.58. The van der Waals surface area contributed by atoms with E-state index >= 15 is 0 Å². The summed E-state index contributed by atoms with van der Waals surface area (Å²) in [6.45, 7) is 1.99. The fraction of sp³-hybridized carbons (Fsp3) is 0.286. The molecule has 2 aromatic rings. The molecule has 0 unspecified atom stereocenters. The van der Waals surface area contributed by atoms with Crippen molar-refractivity contribution in [3.8, 4) is 22.4 Å². The van der Waals surface area contributed by atoms with E-state index in [0.717, 1.165) is 28.4 Å². The molecule has 0 N–H and O–H groups in total. The quantitative estimate of drug-likeness (QED) is 0.842. The molecule has 0 saturated carbocycles. The van der Waals surface area contributed by atoms with Crippen LogP contribution in [0.2, 0.25) is 0 Å². The molecule has 0 bridgehead atoms. The summed E-state index contributed by atoms with van der Waals surface area (Å²) < 4.78 is 5.21. The zero-order valence-corrected chi connectivity index (χ0v) is 11.3. The minimum Gasteiger partial charge on any atom is -0.497 e. The number of benzene rings is 1. The Morgan fingerprint density at radius 1 is 1.44 bits per heavy atom. The van der Waals surface area contributed by atoms with Gasteiger partial charge < -0.3 is 4.74 Å². The Morgan fingerprint density at radius 2 is 2.28 bits per heavy atom. The van der Waals surface area contributed by atoms with E-state index in [0.29, 0.717) is 6.42 Å². The van der Waals surface area contributed by atoms with Crippen molar-refractivity contribution in [2.45, 2.75) is 19.8 Å². The van der Waals surface area contributed by atoms with Crippen LogP contribution in [0.15, 0.2) is 24.3 Å². The normalized spacial score (nSPS) is 10.1. The van der Waals surface area contributed by atoms with Crippen LogP contribution < -0.4 is 4.74 Å². The number of nitrogens with zero attached hydrogens (tertiary/aromatic N) is 2. The molecule has 92 valence electrons. The molecule has 0 radical (unpaired) electrons. The number of hydrogen-bond acceptors (Lipinski definition) is 4. The third-order valence-electron chi connectivity index (χ3n) is 2.67. The first-order chi connectivity index (χ1) is 8.74. The van der Waals surface area contributed by atoms with Gasteiger partial charge in [0.2, 0.25) is 0 Å². The molecule has 0 aliphatic rings. The number of rotatable bonds is 4. The number of aryl methyl sites for hydroxylation is 2. The van der Waals surface area contributed by atoms with E-state index in [2.05, 4.69) is 11.1 Å². The van der Waals surface area contributed by atoms with Gasteiger partial charge in [0.25, 0.3) is 0 Å². The maximum atomic E-state index is 8.63. The number of hydrogen-bond donors (Lipinski definition) is 0. The topological polar surface area (TPSA) is 45.9 Å². The molecule has 0 saturated heterocycles. The number of methoxy groups -OCH3 is 1. The molecule has 0 spiro atoms. The fourth-order valence-electron chi connectivity index (χ4n) is 1.71. The number of aromatic nitrogens is 1. The van der Waals surface area contributed by atoms with Crippen molar-refractivity contribution < 1.29 is 4.74 Å². The van der Waals surface area contributed by atoms with E-state index in [1.807, 2.05) is 31.2 Å². The Morgan fingerprint density at radius 3 is 3.00 bits per heavy atom. The van der Waals surface area contributed by atoms with Crippen molar-refractivity contribution in [2.24, 2.45) is 0 Å². The molecule has 3 nitrogen and oxygen atoms in total. The maximum absolute atomic E-state index is 8.63. The Balaban J connectivity index is 2.30. The van der Waals surface area contributed by atoms with Gasteiger partial charge in [-0.3, -0.25) is 0 Å². The molecule has 0 fully saturated rings. The summed E-state index contributed by atoms with van der Waals surface area (Å²) in [6, 6.07) is 10.0. The van der Waals surface area contributed by atoms with Crippen molar-refractivity contribution in [2.75, 3.05) is 7.11 Å². The summed E-state index contributed by atoms with van der Waals surface area (Å²) in [7, 11) is 1.66. The monoisotopic (exact) mass is 258 g/mol. The lowest BCUT2D eigenvalue weighted by atomic mass is 10.2. The van der Waals surface area contributed by atoms with Gasteiger partial charge in [0.15, 0.2) is 0 Å². The highest BCUT2D eigenvalue weighted by Gasteiger charge is 2.09. The van der Waals surface area contributed by atoms with Crippen molar-refractivity contribution in [3.05, 3.63) is 34.8 Å². The lowest BCUT2D eigenvalue weighted by Gasteiger charge is -2.00. The van der Waals surface area contributed by atoms with Crippen LogP contribution in [0.5, 0.6) is 5.75 Å². The third-order valence-corrected chi connectivity index (χ3v) is 3.94. The van der Waals surface area contributed by atoms with Gasteiger partial charge in [0.1, 0.15) is 10.8 Å². The van der Waals surface area contributed by atoms with Crippen LogP contribution in [-0.4, -0.2) is 12.1 Å². The van der Waals surface area contributed by atoms with Gasteiger partial charge in [-0.2, -0.15) is 5.26 Å². The first-order valence-electron chi connectivity index (χ1n) is 5.72. The summed E-state index contributed by atoms with van der Waals surface area (Å²) in [5, 5.41) is 9.61. The van der Waals surface area contributed by atoms with E-state index in [9.17, 15) is 0 Å². The SMILES string of the molecule is COc1cccc(-c2nc(C)c(CCC#N)s2)c1. The molecular formula is C14H14N2OS. The Labute approximate surface area is 111 Å². The molecule has 1 heterocycles. The van der Waals surface area contributed by atoms with Gasteiger partial charge in [-0.05, 0) is 25.5 Å². The van der Waals surface area contributed by atoms with Crippen molar-refractivity contribution in [1.82, 2.24) is 4.98 Å². The molecule has 1 aromatic heterocycles. The zero-order valence-electron chi connectivity index (χ0n) is 10.4. The van der Waals surface area contributed by atoms with E-state index in [4.69, 9.17) is 10.00 Å². The third kappa shape index (κ3) is 2.69. The molecule has 0 aliphatic carbocycles. The van der Waals surface area contributed by atoms with E-state index in [-0.39, 0.29) is 0 Å². The molecule has 0 atom stereocenters. The Hall–Kier alpha value is -1.86. The standard InChI is InChI=1S/C14H14N2OS/c1-10-13(7-4-8-15)18-14(16-10)11-5-3-6-12(9-11)17-2/h3,5-6,9H,4,7H2,1-2H3. The van der Waals surface area contributed by atoms with Crippen molar-refractivity contribution in [1.29, 1.82) is 5.26 Å². The molecule has 18 heavy (non-hydrogen) atoms. The minimum atomic E-state index is 0.542. The first kappa shape index (κ1) is 12.6. The average Bonchev–Trinajstić information content (AvgIpc) is 2.78. The van der Waals surface area contributed by atoms with Gasteiger partial charge >= 0.3 is 0 Å². The summed E-state index contributed by atoms with van der Waals surface area (Å²) >= 11 is 1.65. The predicted molar refractivity (Wildman–Crippen MR) is 72.8 cm³/mol. The second-order valence-corrected chi connectivity index (χ2v) is 5.00. The van der Waals surface area contributed by atoms with Gasteiger partial charge in [-0.15, -0.1) is 11.3 Å². The molecule has 0 amide bonds. The molecular weight excluding hydrogens is 244 g/mol. The fourth-order valence-corrected chi connectivity index (χ4v) is 2.77. The highest BCUT2D eigenvalue weighted by Crippen LogP contribution is 2.30. The maximum Gasteiger partial charge on any atom is 0.123 e. The van der Waals surface area contributed by atoms with Crippen LogP contribution >= 0.6 is 11.3 Å². The molecule has 0 aliphatic heterocycles. The van der Waals surface area contributed by atoms with Crippen molar-refractivity contribution in [3.63, 3.8) is 0 Å². The van der Waals surface area contributed by atoms with Crippen LogP contribution in [0.1, 0.15) is 17.0 Å². The van der Waals surface area contributed by atoms with E-state index in [1.54, 1.807) is 18.4 Å². The van der Waals surface area contributed by atoms with Crippen molar-refractivity contribution >= 4 is 11.3 Å². The highest BCUT2D eigenvalue weighted by molar-refractivity contribution is 7.15. The second-order valence-electron chi connectivity index (χ2n) is 3.92. The van der Waals surface area contributed by atoms with Gasteiger partial charge in [-0.1, -0.05) is 12.1 Å². The average molecular weight is 258 g/mol. The molecule has 4 heteroatoms. The lowest BCUT2D eigenvalue weighted by Crippen LogP contribution is -1.83. The minimum absolute atomic E-state index is 0.542. The molecule has 2 rings (SSSR count).